The summed E-state index contributed by atoms with van der Waals surface area (Å²) >= 11 is 0. The zero-order chi connectivity index (χ0) is 61.0. The number of carbonyl (C=O) groups excluding carboxylic acids is 8. The summed E-state index contributed by atoms with van der Waals surface area (Å²) in [7, 11) is 3.45. The molecule has 0 unspecified atom stereocenters. The second-order valence-electron chi connectivity index (χ2n) is 24.1. The van der Waals surface area contributed by atoms with Crippen LogP contribution in [0.5, 0.6) is 0 Å². The Hall–Kier alpha value is -7.44. The second-order valence-corrected chi connectivity index (χ2v) is 24.1. The zero-order valence-corrected chi connectivity index (χ0v) is 51.0. The molecular weight excluding hydrogens is 1080 g/mol. The lowest BCUT2D eigenvalue weighted by Crippen LogP contribution is -2.57. The third-order valence-electron chi connectivity index (χ3n) is 18.4. The summed E-state index contributed by atoms with van der Waals surface area (Å²) in [4.78, 5) is 118. The molecule has 4 aromatic rings. The fourth-order valence-corrected chi connectivity index (χ4v) is 12.8. The van der Waals surface area contributed by atoms with Crippen molar-refractivity contribution in [1.29, 1.82) is 0 Å². The van der Waals surface area contributed by atoms with E-state index in [2.05, 4.69) is 31.9 Å². The van der Waals surface area contributed by atoms with Gasteiger partial charge in [0.25, 0.3) is 11.8 Å². The van der Waals surface area contributed by atoms with Gasteiger partial charge in [-0.1, -0.05) is 123 Å². The first-order valence-electron chi connectivity index (χ1n) is 31.7. The van der Waals surface area contributed by atoms with Crippen molar-refractivity contribution in [3.05, 3.63) is 131 Å². The monoisotopic (exact) mass is 1180 g/mol. The standard InChI is InChI=1S/C68H92N10O8/c1-47(69-3)63(81)73-61(53-23-13-7-14-24-53)67(85)77-39-17-27-57(77)45-75(41-37-49-19-9-5-10-20-49)59(79)43-71-65(83)55-33-29-51(30-34-55)52-31-35-56(36-32-52)66(84)72-44-60(80)76(42-38-50-21-11-6-12-22-50)46-58-28-18-40-78(58)68(86)62(54-25-15-8-16-26-54)74-64(82)48(2)70-4/h5-6,9-12,19-22,29-36,47-48,53-54,57-58,61-62,69-70H,7-8,13-18,23-28,37-46H2,1-4H3,(H,71,83)(H,72,84)(H,73,81)(H,74,82)/t47-,48-,57-,58-,61-,62-/m0/s1. The van der Waals surface area contributed by atoms with Crippen molar-refractivity contribution >= 4 is 47.3 Å². The number of hydrogen-bond donors (Lipinski definition) is 6. The summed E-state index contributed by atoms with van der Waals surface area (Å²) in [5, 5.41) is 17.9. The molecule has 4 fully saturated rings. The molecule has 2 aliphatic carbocycles. The maximum Gasteiger partial charge on any atom is 0.251 e. The van der Waals surface area contributed by atoms with E-state index in [1.165, 1.54) is 0 Å². The molecule has 6 N–H and O–H groups in total. The molecule has 18 heteroatoms. The highest BCUT2D eigenvalue weighted by atomic mass is 16.2. The molecule has 2 aliphatic heterocycles. The highest BCUT2D eigenvalue weighted by Gasteiger charge is 2.41. The average molecular weight is 1180 g/mol. The Bertz CT molecular complexity index is 2690. The molecule has 2 saturated carbocycles. The Morgan fingerprint density at radius 3 is 1.17 bits per heavy atom. The van der Waals surface area contributed by atoms with E-state index in [0.717, 1.165) is 112 Å². The fraction of sp³-hybridized carbons (Fsp3) is 0.529. The van der Waals surface area contributed by atoms with Gasteiger partial charge in [0.2, 0.25) is 35.4 Å². The molecule has 0 bridgehead atoms. The van der Waals surface area contributed by atoms with Crippen LogP contribution in [-0.2, 0) is 41.6 Å². The van der Waals surface area contributed by atoms with Crippen LogP contribution in [0.2, 0.25) is 0 Å². The lowest BCUT2D eigenvalue weighted by Gasteiger charge is -2.37. The van der Waals surface area contributed by atoms with Crippen molar-refractivity contribution in [2.75, 3.05) is 66.5 Å². The van der Waals surface area contributed by atoms with E-state index >= 15 is 0 Å². The van der Waals surface area contributed by atoms with E-state index in [9.17, 15) is 38.4 Å². The Morgan fingerprint density at radius 1 is 0.465 bits per heavy atom. The van der Waals surface area contributed by atoms with Crippen LogP contribution in [0.1, 0.15) is 136 Å². The number of likely N-dealkylation sites (N-methyl/N-ethyl adjacent to an activating group) is 2. The number of amides is 8. The maximum atomic E-state index is 14.5. The van der Waals surface area contributed by atoms with Gasteiger partial charge in [0.1, 0.15) is 12.1 Å². The van der Waals surface area contributed by atoms with Gasteiger partial charge in [-0.25, -0.2) is 0 Å². The van der Waals surface area contributed by atoms with E-state index in [4.69, 9.17) is 0 Å². The molecule has 4 aromatic carbocycles. The van der Waals surface area contributed by atoms with E-state index < -0.39 is 36.0 Å². The molecule has 8 amide bonds. The SMILES string of the molecule is CN[C@@H](C)C(=O)N[C@H](C(=O)N1CCC[C@H]1CN(CCc1ccccc1)C(=O)CNC(=O)c1ccc(-c2ccc(C(=O)NCC(=O)N(CCc3ccccc3)C[C@@H]3CCCN3C(=O)[C@@H](NC(=O)[C@H](C)NC)C3CCCCC3)cc2)cc1)C1CCCCC1. The van der Waals surface area contributed by atoms with Crippen molar-refractivity contribution in [1.82, 2.24) is 51.5 Å². The zero-order valence-electron chi connectivity index (χ0n) is 51.0. The van der Waals surface area contributed by atoms with Crippen molar-refractivity contribution in [3.8, 4) is 11.1 Å². The number of nitrogens with zero attached hydrogens (tertiary/aromatic N) is 4. The summed E-state index contributed by atoms with van der Waals surface area (Å²) in [6.45, 7) is 5.59. The molecule has 462 valence electrons. The van der Waals surface area contributed by atoms with Crippen LogP contribution >= 0.6 is 0 Å². The van der Waals surface area contributed by atoms with Gasteiger partial charge < -0.3 is 51.5 Å². The minimum atomic E-state index is -0.634. The van der Waals surface area contributed by atoms with Crippen LogP contribution in [0.15, 0.2) is 109 Å². The highest BCUT2D eigenvalue weighted by molar-refractivity contribution is 5.98. The second kappa shape index (κ2) is 32.3. The normalized spacial score (nSPS) is 18.7. The van der Waals surface area contributed by atoms with E-state index in [1.54, 1.807) is 62.0 Å². The maximum absolute atomic E-state index is 14.5. The quantitative estimate of drug-likeness (QED) is 0.0392. The molecule has 8 rings (SSSR count). The Kier molecular flexibility index (Phi) is 24.3. The number of likely N-dealkylation sites (tertiary alicyclic amines) is 2. The molecule has 2 heterocycles. The number of carbonyl (C=O) groups is 8. The first-order valence-corrected chi connectivity index (χ1v) is 31.7. The Morgan fingerprint density at radius 2 is 0.826 bits per heavy atom. The topological polar surface area (TPSA) is 222 Å². The molecule has 2 saturated heterocycles. The lowest BCUT2D eigenvalue weighted by atomic mass is 9.83. The molecule has 4 aliphatic rings. The molecule has 0 aromatic heterocycles. The van der Waals surface area contributed by atoms with Gasteiger partial charge in [0.15, 0.2) is 0 Å². The van der Waals surface area contributed by atoms with Gasteiger partial charge in [0.05, 0.1) is 25.2 Å². The minimum Gasteiger partial charge on any atom is -0.343 e. The molecule has 0 radical (unpaired) electrons. The van der Waals surface area contributed by atoms with Gasteiger partial charge >= 0.3 is 0 Å². The van der Waals surface area contributed by atoms with Crippen molar-refractivity contribution in [3.63, 3.8) is 0 Å². The van der Waals surface area contributed by atoms with Crippen molar-refractivity contribution in [2.24, 2.45) is 11.8 Å². The fourth-order valence-electron chi connectivity index (χ4n) is 12.8. The van der Waals surface area contributed by atoms with Crippen molar-refractivity contribution in [2.45, 2.75) is 153 Å². The van der Waals surface area contributed by atoms with Crippen LogP contribution in [-0.4, -0.2) is 170 Å². The van der Waals surface area contributed by atoms with Crippen LogP contribution in [0.25, 0.3) is 11.1 Å². The van der Waals surface area contributed by atoms with Crippen LogP contribution in [0.4, 0.5) is 0 Å². The van der Waals surface area contributed by atoms with Gasteiger partial charge in [-0.05, 0) is 151 Å². The summed E-state index contributed by atoms with van der Waals surface area (Å²) in [5.74, 6) is -1.83. The molecule has 0 spiro atoms. The summed E-state index contributed by atoms with van der Waals surface area (Å²) in [6.07, 6.45) is 14.0. The van der Waals surface area contributed by atoms with E-state index in [-0.39, 0.29) is 72.5 Å². The number of rotatable bonds is 27. The van der Waals surface area contributed by atoms with Gasteiger partial charge in [-0.3, -0.25) is 38.4 Å². The van der Waals surface area contributed by atoms with Crippen LogP contribution < -0.4 is 31.9 Å². The van der Waals surface area contributed by atoms with Crippen LogP contribution in [0.3, 0.4) is 0 Å². The average Bonchev–Trinajstić information content (AvgIpc) is 3.06. The molecule has 6 atom stereocenters. The van der Waals surface area contributed by atoms with E-state index in [0.29, 0.717) is 63.2 Å². The molecule has 18 nitrogen and oxygen atoms in total. The lowest BCUT2D eigenvalue weighted by molar-refractivity contribution is -0.141. The summed E-state index contributed by atoms with van der Waals surface area (Å²) in [6, 6.07) is 31.2. The minimum absolute atomic E-state index is 0.0486. The first kappa shape index (κ1) is 64.6. The predicted octanol–water partition coefficient (Wildman–Crippen LogP) is 6.28. The van der Waals surface area contributed by atoms with Crippen molar-refractivity contribution < 1.29 is 38.4 Å². The highest BCUT2D eigenvalue weighted by Crippen LogP contribution is 2.32. The smallest absolute Gasteiger partial charge is 0.251 e. The summed E-state index contributed by atoms with van der Waals surface area (Å²) in [5.41, 5.74) is 4.47. The van der Waals surface area contributed by atoms with Gasteiger partial charge in [-0.2, -0.15) is 0 Å². The van der Waals surface area contributed by atoms with E-state index in [1.807, 2.05) is 94.7 Å². The van der Waals surface area contributed by atoms with Gasteiger partial charge in [-0.15, -0.1) is 0 Å². The third kappa shape index (κ3) is 17.8. The third-order valence-corrected chi connectivity index (χ3v) is 18.4. The summed E-state index contributed by atoms with van der Waals surface area (Å²) < 4.78 is 0. The Balaban J connectivity index is 0.863. The molecule has 86 heavy (non-hydrogen) atoms. The number of hydrogen-bond acceptors (Lipinski definition) is 10. The number of nitrogens with one attached hydrogen (secondary N) is 6. The Labute approximate surface area is 508 Å². The van der Waals surface area contributed by atoms with Crippen LogP contribution in [0, 0.1) is 11.8 Å². The predicted molar refractivity (Wildman–Crippen MR) is 334 cm³/mol. The number of benzene rings is 4. The molecular formula is C68H92N10O8. The largest absolute Gasteiger partial charge is 0.343 e. The van der Waals surface area contributed by atoms with Gasteiger partial charge in [0, 0.05) is 62.5 Å². The first-order chi connectivity index (χ1) is 41.7.